The lowest BCUT2D eigenvalue weighted by molar-refractivity contribution is 0.0605. The average Bonchev–Trinajstić information content (AvgIpc) is 2.32. The minimum absolute atomic E-state index is 0.305. The molecule has 0 unspecified atom stereocenters. The van der Waals surface area contributed by atoms with Crippen molar-refractivity contribution >= 4 is 34.1 Å². The van der Waals surface area contributed by atoms with E-state index in [9.17, 15) is 4.79 Å². The second kappa shape index (κ2) is 7.37. The predicted molar refractivity (Wildman–Crippen MR) is 112 cm³/mol. The maximum absolute atomic E-state index is 12.8. The van der Waals surface area contributed by atoms with Crippen molar-refractivity contribution in [2.45, 2.75) is 65.7 Å². The van der Waals surface area contributed by atoms with E-state index in [0.29, 0.717) is 5.76 Å². The molecule has 6 heteroatoms. The van der Waals surface area contributed by atoms with Crippen molar-refractivity contribution < 1.29 is 14.0 Å². The fourth-order valence-electron chi connectivity index (χ4n) is 2.32. The van der Waals surface area contributed by atoms with Gasteiger partial charge in [-0.3, -0.25) is 0 Å². The number of hydrogen-bond donors (Lipinski definition) is 0. The minimum atomic E-state index is -2.00. The maximum atomic E-state index is 12.8. The van der Waals surface area contributed by atoms with Gasteiger partial charge in [-0.1, -0.05) is 38.4 Å². The fraction of sp³-hybridized carbons (Fsp3) is 0.526. The highest BCUT2D eigenvalue weighted by Crippen LogP contribution is 2.28. The van der Waals surface area contributed by atoms with Crippen molar-refractivity contribution in [2.24, 2.45) is 0 Å². The topological polar surface area (TPSA) is 38.8 Å². The van der Waals surface area contributed by atoms with Crippen LogP contribution in [0.3, 0.4) is 0 Å². The molecule has 0 radical (unpaired) electrons. The van der Waals surface area contributed by atoms with Gasteiger partial charge in [-0.15, -0.1) is 0 Å². The van der Waals surface area contributed by atoms with Crippen LogP contribution in [0.15, 0.2) is 30.8 Å². The summed E-state index contributed by atoms with van der Waals surface area (Å²) in [6.07, 6.45) is -0.305. The normalized spacial score (nSPS) is 12.5. The SMILES string of the molecule is C=C(O[Si](C)(C)C)c1cccc(N(C(=O)OC(C)(C)C)[Si](C)(C)C)c1. The van der Waals surface area contributed by atoms with Gasteiger partial charge in [0.2, 0.25) is 8.32 Å². The van der Waals surface area contributed by atoms with Crippen molar-refractivity contribution in [3.8, 4) is 0 Å². The Labute approximate surface area is 155 Å². The second-order valence-corrected chi connectivity index (χ2v) is 18.4. The summed E-state index contributed by atoms with van der Waals surface area (Å²) < 4.78 is 13.5. The first-order valence-corrected chi connectivity index (χ1v) is 15.5. The molecule has 0 N–H and O–H groups in total. The Balaban J connectivity index is 3.23. The highest BCUT2D eigenvalue weighted by atomic mass is 28.4. The summed E-state index contributed by atoms with van der Waals surface area (Å²) in [5.74, 6) is 0.653. The van der Waals surface area contributed by atoms with E-state index in [2.05, 4.69) is 45.9 Å². The van der Waals surface area contributed by atoms with Gasteiger partial charge in [0.25, 0.3) is 0 Å². The Morgan fingerprint density at radius 3 is 2.08 bits per heavy atom. The van der Waals surface area contributed by atoms with Crippen LogP contribution in [0.2, 0.25) is 39.3 Å². The second-order valence-electron chi connectivity index (χ2n) is 9.17. The summed E-state index contributed by atoms with van der Waals surface area (Å²) in [5, 5.41) is 0. The molecule has 4 nitrogen and oxygen atoms in total. The molecular weight excluding hydrogens is 346 g/mol. The van der Waals surface area contributed by atoms with Crippen LogP contribution in [0.4, 0.5) is 10.5 Å². The Morgan fingerprint density at radius 1 is 1.08 bits per heavy atom. The van der Waals surface area contributed by atoms with E-state index in [-0.39, 0.29) is 6.09 Å². The van der Waals surface area contributed by atoms with Gasteiger partial charge < -0.3 is 13.7 Å². The van der Waals surface area contributed by atoms with Gasteiger partial charge in [-0.2, -0.15) is 0 Å². The summed E-state index contributed by atoms with van der Waals surface area (Å²) in [4.78, 5) is 12.8. The van der Waals surface area contributed by atoms with Crippen molar-refractivity contribution in [3.05, 3.63) is 36.4 Å². The molecule has 0 aliphatic carbocycles. The molecule has 1 aromatic rings. The van der Waals surface area contributed by atoms with Crippen LogP contribution in [0.25, 0.3) is 5.76 Å². The summed E-state index contributed by atoms with van der Waals surface area (Å²) >= 11 is 0. The molecule has 140 valence electrons. The van der Waals surface area contributed by atoms with Crippen molar-refractivity contribution in [3.63, 3.8) is 0 Å². The highest BCUT2D eigenvalue weighted by Gasteiger charge is 2.34. The first-order chi connectivity index (χ1) is 11.1. The van der Waals surface area contributed by atoms with Crippen LogP contribution in [0.1, 0.15) is 26.3 Å². The number of benzene rings is 1. The monoisotopic (exact) mass is 379 g/mol. The standard InChI is InChI=1S/C19H33NO3Si2/c1-15(23-25(8,9)10)16-12-11-13-17(14-16)20(24(5,6)7)18(21)22-19(2,3)4/h11-14H,1H2,2-10H3. The van der Waals surface area contributed by atoms with E-state index < -0.39 is 22.2 Å². The lowest BCUT2D eigenvalue weighted by atomic mass is 10.2. The zero-order valence-corrected chi connectivity index (χ0v) is 19.2. The van der Waals surface area contributed by atoms with Gasteiger partial charge >= 0.3 is 6.09 Å². The van der Waals surface area contributed by atoms with E-state index >= 15 is 0 Å². The minimum Gasteiger partial charge on any atom is -0.544 e. The lowest BCUT2D eigenvalue weighted by Gasteiger charge is -2.36. The van der Waals surface area contributed by atoms with Gasteiger partial charge in [0, 0.05) is 11.3 Å². The van der Waals surface area contributed by atoms with Crippen LogP contribution in [-0.4, -0.2) is 28.2 Å². The maximum Gasteiger partial charge on any atom is 0.406 e. The van der Waals surface area contributed by atoms with Gasteiger partial charge in [0.15, 0.2) is 8.24 Å². The van der Waals surface area contributed by atoms with Crippen LogP contribution in [0, 0.1) is 0 Å². The summed E-state index contributed by atoms with van der Waals surface area (Å²) in [6, 6.07) is 7.79. The Kier molecular flexibility index (Phi) is 6.34. The molecule has 0 aromatic heterocycles. The molecule has 1 amide bonds. The van der Waals surface area contributed by atoms with Crippen molar-refractivity contribution in [2.75, 3.05) is 4.57 Å². The molecule has 0 heterocycles. The third kappa shape index (κ3) is 7.08. The van der Waals surface area contributed by atoms with Crippen LogP contribution in [0.5, 0.6) is 0 Å². The molecule has 0 aliphatic heterocycles. The van der Waals surface area contributed by atoms with Crippen LogP contribution >= 0.6 is 0 Å². The number of ether oxygens (including phenoxy) is 1. The first-order valence-electron chi connectivity index (χ1n) is 8.62. The largest absolute Gasteiger partial charge is 0.544 e. The predicted octanol–water partition coefficient (Wildman–Crippen LogP) is 6.09. The number of carbonyl (C=O) groups is 1. The highest BCUT2D eigenvalue weighted by molar-refractivity contribution is 6.82. The molecule has 0 saturated carbocycles. The number of carbonyl (C=O) groups excluding carboxylic acids is 1. The number of nitrogens with zero attached hydrogens (tertiary/aromatic N) is 1. The number of hydrogen-bond acceptors (Lipinski definition) is 3. The van der Waals surface area contributed by atoms with E-state index in [1.54, 1.807) is 0 Å². The number of amides is 1. The molecule has 0 aliphatic rings. The smallest absolute Gasteiger partial charge is 0.406 e. The number of anilines is 1. The van der Waals surface area contributed by atoms with Gasteiger partial charge in [-0.05, 0) is 52.5 Å². The third-order valence-electron chi connectivity index (χ3n) is 3.10. The zero-order valence-electron chi connectivity index (χ0n) is 17.2. The Morgan fingerprint density at radius 2 is 1.64 bits per heavy atom. The fourth-order valence-corrected chi connectivity index (χ4v) is 4.69. The van der Waals surface area contributed by atoms with Gasteiger partial charge in [-0.25, -0.2) is 4.79 Å². The van der Waals surface area contributed by atoms with Gasteiger partial charge in [0.1, 0.15) is 11.4 Å². The summed E-state index contributed by atoms with van der Waals surface area (Å²) in [5.41, 5.74) is 1.19. The molecule has 0 saturated heterocycles. The van der Waals surface area contributed by atoms with Crippen molar-refractivity contribution in [1.82, 2.24) is 0 Å². The number of rotatable bonds is 5. The molecule has 0 atom stereocenters. The molecule has 1 rings (SSSR count). The van der Waals surface area contributed by atoms with E-state index in [1.807, 2.05) is 49.6 Å². The molecule has 1 aromatic carbocycles. The molecular formula is C19H33NO3Si2. The van der Waals surface area contributed by atoms with E-state index in [0.717, 1.165) is 11.3 Å². The Bertz CT molecular complexity index is 637. The molecule has 0 bridgehead atoms. The third-order valence-corrected chi connectivity index (χ3v) is 5.74. The van der Waals surface area contributed by atoms with Gasteiger partial charge in [0.05, 0.1) is 0 Å². The van der Waals surface area contributed by atoms with E-state index in [4.69, 9.17) is 9.16 Å². The first kappa shape index (κ1) is 21.5. The Hall–Kier alpha value is -1.54. The molecule has 0 fully saturated rings. The van der Waals surface area contributed by atoms with Crippen LogP contribution in [-0.2, 0) is 9.16 Å². The average molecular weight is 380 g/mol. The molecule has 0 spiro atoms. The summed E-state index contributed by atoms with van der Waals surface area (Å²) in [7, 11) is -3.73. The molecule has 25 heavy (non-hydrogen) atoms. The lowest BCUT2D eigenvalue weighted by Crippen LogP contribution is -2.52. The zero-order chi connectivity index (χ0) is 19.6. The van der Waals surface area contributed by atoms with Crippen molar-refractivity contribution in [1.29, 1.82) is 0 Å². The summed E-state index contributed by atoms with van der Waals surface area (Å²) in [6.45, 7) is 22.4. The van der Waals surface area contributed by atoms with E-state index in [1.165, 1.54) is 0 Å². The van der Waals surface area contributed by atoms with Crippen LogP contribution < -0.4 is 4.57 Å². The quantitative estimate of drug-likeness (QED) is 0.459.